The molecule has 0 radical (unpaired) electrons. The predicted octanol–water partition coefficient (Wildman–Crippen LogP) is 3.38. The molecule has 0 atom stereocenters. The number of nitrogens with two attached hydrogens (primary N) is 1. The molecule has 180 valence electrons. The summed E-state index contributed by atoms with van der Waals surface area (Å²) in [7, 11) is 0. The number of rotatable bonds is 6. The second-order valence-electron chi connectivity index (χ2n) is 9.01. The van der Waals surface area contributed by atoms with Gasteiger partial charge in [0, 0.05) is 49.9 Å². The van der Waals surface area contributed by atoms with Crippen LogP contribution >= 0.6 is 0 Å². The summed E-state index contributed by atoms with van der Waals surface area (Å²) in [6.07, 6.45) is 4.81. The third kappa shape index (κ3) is 5.18. The van der Waals surface area contributed by atoms with E-state index in [1.807, 2.05) is 6.07 Å². The van der Waals surface area contributed by atoms with Crippen molar-refractivity contribution < 1.29 is 14.3 Å². The Bertz CT molecular complexity index is 1300. The summed E-state index contributed by atoms with van der Waals surface area (Å²) >= 11 is 0. The van der Waals surface area contributed by atoms with E-state index in [2.05, 4.69) is 50.1 Å². The molecule has 0 spiro atoms. The van der Waals surface area contributed by atoms with Crippen molar-refractivity contribution in [1.82, 2.24) is 14.5 Å². The molecule has 3 heterocycles. The van der Waals surface area contributed by atoms with Gasteiger partial charge in [0.15, 0.2) is 0 Å². The highest BCUT2D eigenvalue weighted by Gasteiger charge is 2.19. The van der Waals surface area contributed by atoms with E-state index < -0.39 is 5.91 Å². The molecule has 8 heteroatoms. The smallest absolute Gasteiger partial charge is 0.248 e. The molecule has 0 aliphatic carbocycles. The zero-order chi connectivity index (χ0) is 24.4. The monoisotopic (exact) mass is 471 g/mol. The van der Waals surface area contributed by atoms with Crippen LogP contribution in [-0.2, 0) is 22.6 Å². The molecular weight excluding hydrogens is 442 g/mol. The zero-order valence-corrected chi connectivity index (χ0v) is 19.8. The van der Waals surface area contributed by atoms with Crippen LogP contribution < -0.4 is 11.1 Å². The minimum Gasteiger partial charge on any atom is -0.379 e. The van der Waals surface area contributed by atoms with Gasteiger partial charge in [-0.3, -0.25) is 14.5 Å². The highest BCUT2D eigenvalue weighted by Crippen LogP contribution is 2.32. The number of benzene rings is 2. The van der Waals surface area contributed by atoms with E-state index in [1.165, 1.54) is 23.6 Å². The van der Waals surface area contributed by atoms with Crippen molar-refractivity contribution in [1.29, 1.82) is 0 Å². The second kappa shape index (κ2) is 9.85. The summed E-state index contributed by atoms with van der Waals surface area (Å²) in [5, 5.41) is 2.75. The molecule has 35 heavy (non-hydrogen) atoms. The second-order valence-corrected chi connectivity index (χ2v) is 9.01. The van der Waals surface area contributed by atoms with Crippen LogP contribution in [0.1, 0.15) is 40.7 Å². The number of carbonyl (C=O) groups excluding carboxylic acids is 2. The molecule has 2 aliphatic rings. The summed E-state index contributed by atoms with van der Waals surface area (Å²) in [4.78, 5) is 30.5. The van der Waals surface area contributed by atoms with Crippen molar-refractivity contribution in [3.8, 4) is 11.3 Å². The number of nitrogens with zero attached hydrogens (tertiary/aromatic N) is 3. The van der Waals surface area contributed by atoms with Crippen molar-refractivity contribution in [2.24, 2.45) is 5.73 Å². The van der Waals surface area contributed by atoms with E-state index in [0.717, 1.165) is 62.9 Å². The van der Waals surface area contributed by atoms with Gasteiger partial charge >= 0.3 is 0 Å². The normalized spacial score (nSPS) is 15.9. The number of amides is 2. The fraction of sp³-hybridized carbons (Fsp3) is 0.296. The highest BCUT2D eigenvalue weighted by atomic mass is 16.5. The van der Waals surface area contributed by atoms with Crippen LogP contribution in [0.5, 0.6) is 0 Å². The third-order valence-electron chi connectivity index (χ3n) is 6.44. The van der Waals surface area contributed by atoms with Crippen molar-refractivity contribution >= 4 is 29.2 Å². The Hall–Kier alpha value is -3.75. The number of primary amides is 1. The minimum absolute atomic E-state index is 0.212. The van der Waals surface area contributed by atoms with Gasteiger partial charge in [-0.1, -0.05) is 24.3 Å². The van der Waals surface area contributed by atoms with Gasteiger partial charge in [-0.25, -0.2) is 4.98 Å². The van der Waals surface area contributed by atoms with Crippen LogP contribution in [0.2, 0.25) is 0 Å². The standard InChI is InChI=1S/C27H29N5O3/c1-18(33)30-24-13-22(12-23(14-24)27(28)34)25-16-29-26-15-21(5-6-32(25)26)20-4-2-3-19(11-20)17-31-7-9-35-10-8-31/h2-4,11-16H,5-10,17H2,1H3,(H2,28,34)(H,30,33). The molecule has 2 aliphatic heterocycles. The van der Waals surface area contributed by atoms with E-state index in [1.54, 1.807) is 18.3 Å². The number of nitrogens with one attached hydrogen (secondary N) is 1. The SMILES string of the molecule is CC(=O)Nc1cc(C(N)=O)cc(-c2cnc3n2CCC(c2cccc(CN4CCOCC4)c2)=C3)c1. The first-order valence-electron chi connectivity index (χ1n) is 11.8. The van der Waals surface area contributed by atoms with Crippen LogP contribution in [0.3, 0.4) is 0 Å². The van der Waals surface area contributed by atoms with E-state index in [-0.39, 0.29) is 5.91 Å². The van der Waals surface area contributed by atoms with Gasteiger partial charge < -0.3 is 20.4 Å². The summed E-state index contributed by atoms with van der Waals surface area (Å²) in [5.41, 5.74) is 11.8. The number of fused-ring (bicyclic) bond motifs is 1. The quantitative estimate of drug-likeness (QED) is 0.574. The summed E-state index contributed by atoms with van der Waals surface area (Å²) in [6.45, 7) is 6.65. The fourth-order valence-electron chi connectivity index (χ4n) is 4.74. The molecular formula is C27H29N5O3. The van der Waals surface area contributed by atoms with Crippen molar-refractivity contribution in [2.45, 2.75) is 26.4 Å². The number of allylic oxidation sites excluding steroid dienone is 1. The van der Waals surface area contributed by atoms with Crippen LogP contribution in [-0.4, -0.2) is 52.6 Å². The fourth-order valence-corrected chi connectivity index (χ4v) is 4.74. The minimum atomic E-state index is -0.545. The maximum absolute atomic E-state index is 11.9. The lowest BCUT2D eigenvalue weighted by Gasteiger charge is -2.26. The number of morpholine rings is 1. The first kappa shape index (κ1) is 23.0. The number of ether oxygens (including phenoxy) is 1. The first-order valence-corrected chi connectivity index (χ1v) is 11.8. The van der Waals surface area contributed by atoms with Gasteiger partial charge in [-0.2, -0.15) is 0 Å². The molecule has 0 bridgehead atoms. The van der Waals surface area contributed by atoms with Crippen LogP contribution in [0.4, 0.5) is 5.69 Å². The maximum atomic E-state index is 11.9. The Morgan fingerprint density at radius 1 is 1.09 bits per heavy atom. The number of anilines is 1. The van der Waals surface area contributed by atoms with Gasteiger partial charge in [0.1, 0.15) is 5.82 Å². The molecule has 3 aromatic rings. The molecule has 0 saturated carbocycles. The number of carbonyl (C=O) groups is 2. The Morgan fingerprint density at radius 2 is 1.91 bits per heavy atom. The van der Waals surface area contributed by atoms with Gasteiger partial charge in [0.25, 0.3) is 0 Å². The van der Waals surface area contributed by atoms with Gasteiger partial charge in [0.2, 0.25) is 11.8 Å². The van der Waals surface area contributed by atoms with Crippen LogP contribution in [0, 0.1) is 0 Å². The lowest BCUT2D eigenvalue weighted by atomic mass is 9.97. The number of hydrogen-bond donors (Lipinski definition) is 2. The topological polar surface area (TPSA) is 102 Å². The average Bonchev–Trinajstić information content (AvgIpc) is 3.27. The molecule has 1 aromatic heterocycles. The Morgan fingerprint density at radius 3 is 2.69 bits per heavy atom. The lowest BCUT2D eigenvalue weighted by Crippen LogP contribution is -2.35. The van der Waals surface area contributed by atoms with Gasteiger partial charge in [-0.15, -0.1) is 0 Å². The van der Waals surface area contributed by atoms with E-state index in [0.29, 0.717) is 11.3 Å². The van der Waals surface area contributed by atoms with Crippen molar-refractivity contribution in [3.05, 3.63) is 71.2 Å². The molecule has 5 rings (SSSR count). The Kier molecular flexibility index (Phi) is 6.48. The van der Waals surface area contributed by atoms with Crippen LogP contribution in [0.15, 0.2) is 48.7 Å². The molecule has 0 unspecified atom stereocenters. The summed E-state index contributed by atoms with van der Waals surface area (Å²) < 4.78 is 7.60. The Labute approximate surface area is 204 Å². The molecule has 8 nitrogen and oxygen atoms in total. The largest absolute Gasteiger partial charge is 0.379 e. The molecule has 2 amide bonds. The molecule has 3 N–H and O–H groups in total. The predicted molar refractivity (Wildman–Crippen MR) is 136 cm³/mol. The molecule has 2 aromatic carbocycles. The highest BCUT2D eigenvalue weighted by molar-refractivity contribution is 5.97. The Balaban J connectivity index is 1.42. The van der Waals surface area contributed by atoms with E-state index >= 15 is 0 Å². The molecule has 1 fully saturated rings. The van der Waals surface area contributed by atoms with Gasteiger partial charge in [-0.05, 0) is 47.4 Å². The van der Waals surface area contributed by atoms with E-state index in [9.17, 15) is 9.59 Å². The lowest BCUT2D eigenvalue weighted by molar-refractivity contribution is -0.114. The first-order chi connectivity index (χ1) is 17.0. The van der Waals surface area contributed by atoms with Gasteiger partial charge in [0.05, 0.1) is 25.1 Å². The number of hydrogen-bond acceptors (Lipinski definition) is 5. The van der Waals surface area contributed by atoms with Crippen LogP contribution in [0.25, 0.3) is 22.9 Å². The van der Waals surface area contributed by atoms with Crippen molar-refractivity contribution in [2.75, 3.05) is 31.6 Å². The number of imidazole rings is 1. The zero-order valence-electron chi connectivity index (χ0n) is 19.8. The van der Waals surface area contributed by atoms with E-state index in [4.69, 9.17) is 10.5 Å². The maximum Gasteiger partial charge on any atom is 0.248 e. The number of aromatic nitrogens is 2. The molecule has 1 saturated heterocycles. The third-order valence-corrected chi connectivity index (χ3v) is 6.44. The summed E-state index contributed by atoms with van der Waals surface area (Å²) in [6, 6.07) is 13.9. The average molecular weight is 472 g/mol. The van der Waals surface area contributed by atoms with Crippen molar-refractivity contribution in [3.63, 3.8) is 0 Å². The summed E-state index contributed by atoms with van der Waals surface area (Å²) in [5.74, 6) is 0.109.